The summed E-state index contributed by atoms with van der Waals surface area (Å²) in [5, 5.41) is 3.29. The molecule has 1 amide bonds. The molecule has 0 bridgehead atoms. The quantitative estimate of drug-likeness (QED) is 0.866. The molecule has 1 aromatic rings. The molecule has 0 radical (unpaired) electrons. The smallest absolute Gasteiger partial charge is 0.409 e. The van der Waals surface area contributed by atoms with E-state index in [4.69, 9.17) is 9.47 Å². The molecule has 8 nitrogen and oxygen atoms in total. The van der Waals surface area contributed by atoms with Crippen LogP contribution < -0.4 is 10.2 Å². The van der Waals surface area contributed by atoms with Crippen LogP contribution in [0.15, 0.2) is 6.07 Å². The van der Waals surface area contributed by atoms with Gasteiger partial charge in [0, 0.05) is 51.1 Å². The minimum atomic E-state index is -0.236. The number of aryl methyl sites for hydroxylation is 1. The summed E-state index contributed by atoms with van der Waals surface area (Å²) in [5.41, 5.74) is 0.924. The Morgan fingerprint density at radius 3 is 2.84 bits per heavy atom. The van der Waals surface area contributed by atoms with Gasteiger partial charge in [-0.05, 0) is 26.7 Å². The number of nitrogens with one attached hydrogen (secondary N) is 1. The van der Waals surface area contributed by atoms with Crippen LogP contribution in [-0.4, -0.2) is 73.0 Å². The summed E-state index contributed by atoms with van der Waals surface area (Å²) < 4.78 is 10.7. The monoisotopic (exact) mass is 349 g/mol. The van der Waals surface area contributed by atoms with E-state index in [2.05, 4.69) is 20.2 Å². The molecule has 3 rings (SSSR count). The van der Waals surface area contributed by atoms with Crippen LogP contribution in [0.1, 0.15) is 25.5 Å². The van der Waals surface area contributed by atoms with Crippen molar-refractivity contribution in [2.24, 2.45) is 0 Å². The van der Waals surface area contributed by atoms with Crippen LogP contribution in [0.5, 0.6) is 0 Å². The fourth-order valence-corrected chi connectivity index (χ4v) is 3.14. The normalized spacial score (nSPS) is 20.6. The number of hydrogen-bond donors (Lipinski definition) is 1. The van der Waals surface area contributed by atoms with Gasteiger partial charge < -0.3 is 24.6 Å². The van der Waals surface area contributed by atoms with E-state index in [9.17, 15) is 4.79 Å². The van der Waals surface area contributed by atoms with Crippen molar-refractivity contribution in [2.45, 2.75) is 32.8 Å². The highest BCUT2D eigenvalue weighted by molar-refractivity contribution is 5.68. The minimum absolute atomic E-state index is 0.236. The highest BCUT2D eigenvalue weighted by Gasteiger charge is 2.23. The summed E-state index contributed by atoms with van der Waals surface area (Å²) in [5.74, 6) is 1.53. The van der Waals surface area contributed by atoms with Gasteiger partial charge in [0.25, 0.3) is 0 Å². The molecule has 138 valence electrons. The number of ether oxygens (including phenoxy) is 2. The highest BCUT2D eigenvalue weighted by Crippen LogP contribution is 2.18. The lowest BCUT2D eigenvalue weighted by molar-refractivity contribution is 0.105. The average Bonchev–Trinajstić information content (AvgIpc) is 3.13. The van der Waals surface area contributed by atoms with E-state index >= 15 is 0 Å². The van der Waals surface area contributed by atoms with Gasteiger partial charge in [-0.25, -0.2) is 9.78 Å². The van der Waals surface area contributed by atoms with Crippen LogP contribution >= 0.6 is 0 Å². The molecule has 1 atom stereocenters. The summed E-state index contributed by atoms with van der Waals surface area (Å²) >= 11 is 0. The van der Waals surface area contributed by atoms with Gasteiger partial charge in [0.15, 0.2) is 0 Å². The molecule has 25 heavy (non-hydrogen) atoms. The van der Waals surface area contributed by atoms with Crippen molar-refractivity contribution in [1.29, 1.82) is 0 Å². The summed E-state index contributed by atoms with van der Waals surface area (Å²) in [6, 6.07) is 1.98. The zero-order valence-corrected chi connectivity index (χ0v) is 15.0. The highest BCUT2D eigenvalue weighted by atomic mass is 16.6. The van der Waals surface area contributed by atoms with Gasteiger partial charge in [0.1, 0.15) is 5.82 Å². The topological polar surface area (TPSA) is 79.8 Å². The van der Waals surface area contributed by atoms with E-state index in [1.807, 2.05) is 19.9 Å². The first kappa shape index (κ1) is 17.7. The van der Waals surface area contributed by atoms with Gasteiger partial charge in [0.05, 0.1) is 12.7 Å². The number of amides is 1. The van der Waals surface area contributed by atoms with E-state index in [0.717, 1.165) is 50.6 Å². The molecule has 3 heterocycles. The molecule has 1 N–H and O–H groups in total. The number of carbonyl (C=O) groups excluding carboxylic acids is 1. The van der Waals surface area contributed by atoms with Gasteiger partial charge in [-0.2, -0.15) is 4.98 Å². The van der Waals surface area contributed by atoms with Gasteiger partial charge in [-0.3, -0.25) is 0 Å². The molecule has 2 fully saturated rings. The number of anilines is 2. The fourth-order valence-electron chi connectivity index (χ4n) is 3.14. The lowest BCUT2D eigenvalue weighted by atomic mass is 10.2. The van der Waals surface area contributed by atoms with E-state index in [0.29, 0.717) is 25.6 Å². The number of nitrogens with zero attached hydrogens (tertiary/aromatic N) is 4. The molecular formula is C17H27N5O3. The Labute approximate surface area is 148 Å². The van der Waals surface area contributed by atoms with Crippen LogP contribution in [0, 0.1) is 6.92 Å². The van der Waals surface area contributed by atoms with Crippen LogP contribution in [0.25, 0.3) is 0 Å². The largest absolute Gasteiger partial charge is 0.450 e. The summed E-state index contributed by atoms with van der Waals surface area (Å²) in [4.78, 5) is 24.8. The zero-order chi connectivity index (χ0) is 17.6. The number of rotatable bonds is 5. The van der Waals surface area contributed by atoms with E-state index in [-0.39, 0.29) is 12.2 Å². The van der Waals surface area contributed by atoms with Crippen LogP contribution in [0.4, 0.5) is 16.6 Å². The molecule has 8 heteroatoms. The first-order valence-electron chi connectivity index (χ1n) is 9.03. The predicted octanol–water partition coefficient (Wildman–Crippen LogP) is 1.65. The van der Waals surface area contributed by atoms with Gasteiger partial charge >= 0.3 is 6.09 Å². The maximum absolute atomic E-state index is 11.8. The lowest BCUT2D eigenvalue weighted by Crippen LogP contribution is -2.49. The summed E-state index contributed by atoms with van der Waals surface area (Å²) in [6.07, 6.45) is 2.22. The number of piperazine rings is 1. The third kappa shape index (κ3) is 4.72. The van der Waals surface area contributed by atoms with Crippen molar-refractivity contribution >= 4 is 17.9 Å². The molecule has 1 unspecified atom stereocenters. The van der Waals surface area contributed by atoms with Crippen molar-refractivity contribution in [1.82, 2.24) is 14.9 Å². The lowest BCUT2D eigenvalue weighted by Gasteiger charge is -2.34. The second-order valence-corrected chi connectivity index (χ2v) is 6.38. The second kappa shape index (κ2) is 8.33. The Bertz CT molecular complexity index is 584. The maximum Gasteiger partial charge on any atom is 0.409 e. The molecule has 0 aromatic carbocycles. The Morgan fingerprint density at radius 1 is 1.36 bits per heavy atom. The SMILES string of the molecule is CCOC(=O)N1CCN(c2cc(C)nc(NCC3CCCO3)n2)CC1. The van der Waals surface area contributed by atoms with Gasteiger partial charge in [0.2, 0.25) is 5.95 Å². The van der Waals surface area contributed by atoms with Gasteiger partial charge in [-0.15, -0.1) is 0 Å². The maximum atomic E-state index is 11.8. The Balaban J connectivity index is 1.57. The number of carbonyl (C=O) groups is 1. The molecule has 0 spiro atoms. The van der Waals surface area contributed by atoms with Crippen molar-refractivity contribution < 1.29 is 14.3 Å². The van der Waals surface area contributed by atoms with E-state index < -0.39 is 0 Å². The summed E-state index contributed by atoms with van der Waals surface area (Å²) in [7, 11) is 0. The fraction of sp³-hybridized carbons (Fsp3) is 0.706. The first-order valence-corrected chi connectivity index (χ1v) is 9.03. The van der Waals surface area contributed by atoms with E-state index in [1.54, 1.807) is 4.90 Å². The van der Waals surface area contributed by atoms with Crippen LogP contribution in [-0.2, 0) is 9.47 Å². The molecule has 2 aliphatic rings. The predicted molar refractivity (Wildman–Crippen MR) is 95.0 cm³/mol. The second-order valence-electron chi connectivity index (χ2n) is 6.38. The van der Waals surface area contributed by atoms with Crippen molar-refractivity contribution in [3.05, 3.63) is 11.8 Å². The zero-order valence-electron chi connectivity index (χ0n) is 15.0. The minimum Gasteiger partial charge on any atom is -0.450 e. The average molecular weight is 349 g/mol. The standard InChI is InChI=1S/C17H27N5O3/c1-3-24-17(23)22-8-6-21(7-9-22)15-11-13(2)19-16(20-15)18-12-14-5-4-10-25-14/h11,14H,3-10,12H2,1-2H3,(H,18,19,20). The van der Waals surface area contributed by atoms with Crippen LogP contribution in [0.2, 0.25) is 0 Å². The number of aromatic nitrogens is 2. The Kier molecular flexibility index (Phi) is 5.91. The summed E-state index contributed by atoms with van der Waals surface area (Å²) in [6.45, 7) is 8.53. The van der Waals surface area contributed by atoms with Crippen LogP contribution in [0.3, 0.4) is 0 Å². The Morgan fingerprint density at radius 2 is 2.16 bits per heavy atom. The molecule has 1 aromatic heterocycles. The number of hydrogen-bond acceptors (Lipinski definition) is 7. The molecular weight excluding hydrogens is 322 g/mol. The third-order valence-electron chi connectivity index (χ3n) is 4.48. The van der Waals surface area contributed by atoms with Gasteiger partial charge in [-0.1, -0.05) is 0 Å². The third-order valence-corrected chi connectivity index (χ3v) is 4.48. The molecule has 0 saturated carbocycles. The van der Waals surface area contributed by atoms with E-state index in [1.165, 1.54) is 0 Å². The molecule has 2 saturated heterocycles. The first-order chi connectivity index (χ1) is 12.2. The van der Waals surface area contributed by atoms with Crippen molar-refractivity contribution in [2.75, 3.05) is 56.2 Å². The molecule has 0 aliphatic carbocycles. The molecule has 2 aliphatic heterocycles. The Hall–Kier alpha value is -2.09. The van der Waals surface area contributed by atoms with Crippen molar-refractivity contribution in [3.63, 3.8) is 0 Å². The van der Waals surface area contributed by atoms with Crippen molar-refractivity contribution in [3.8, 4) is 0 Å².